The molecule has 0 radical (unpaired) electrons. The van der Waals surface area contributed by atoms with Gasteiger partial charge in [0.25, 0.3) is 5.69 Å². The summed E-state index contributed by atoms with van der Waals surface area (Å²) in [5.41, 5.74) is 0.508. The van der Waals surface area contributed by atoms with E-state index in [1.165, 1.54) is 25.3 Å². The Hall–Kier alpha value is -1.91. The molecule has 3 rings (SSSR count). The van der Waals surface area contributed by atoms with Crippen LogP contribution in [0.1, 0.15) is 31.2 Å². The maximum atomic E-state index is 12.1. The Morgan fingerprint density at radius 2 is 2.10 bits per heavy atom. The summed E-state index contributed by atoms with van der Waals surface area (Å²) in [5, 5.41) is 14.0. The van der Waals surface area contributed by atoms with Gasteiger partial charge in [0.1, 0.15) is 0 Å². The zero-order valence-corrected chi connectivity index (χ0v) is 11.2. The SMILES string of the molecule is O=C(Cc1ccccc1[N+](=O)[O-])N[C@@H]1C[C@@H]2CC[C@H]1C2. The third-order valence-corrected chi connectivity index (χ3v) is 4.62. The average Bonchev–Trinajstić information content (AvgIpc) is 3.01. The van der Waals surface area contributed by atoms with Crippen molar-refractivity contribution in [3.05, 3.63) is 39.9 Å². The fourth-order valence-corrected chi connectivity index (χ4v) is 3.69. The van der Waals surface area contributed by atoms with Crippen LogP contribution in [0.25, 0.3) is 0 Å². The molecule has 106 valence electrons. The van der Waals surface area contributed by atoms with Crippen molar-refractivity contribution in [2.75, 3.05) is 0 Å². The Balaban J connectivity index is 1.63. The maximum Gasteiger partial charge on any atom is 0.273 e. The number of carbonyl (C=O) groups is 1. The number of benzene rings is 1. The molecule has 2 aliphatic rings. The van der Waals surface area contributed by atoms with Crippen LogP contribution < -0.4 is 5.32 Å². The molecule has 3 atom stereocenters. The van der Waals surface area contributed by atoms with Gasteiger partial charge in [-0.3, -0.25) is 14.9 Å². The molecule has 5 heteroatoms. The number of carbonyl (C=O) groups excluding carboxylic acids is 1. The molecule has 2 aliphatic carbocycles. The number of nitrogens with one attached hydrogen (secondary N) is 1. The number of hydrogen-bond acceptors (Lipinski definition) is 3. The topological polar surface area (TPSA) is 72.2 Å². The van der Waals surface area contributed by atoms with E-state index >= 15 is 0 Å². The summed E-state index contributed by atoms with van der Waals surface area (Å²) in [6.07, 6.45) is 4.90. The van der Waals surface area contributed by atoms with E-state index in [4.69, 9.17) is 0 Å². The Bertz CT molecular complexity index is 544. The van der Waals surface area contributed by atoms with Crippen LogP contribution in [0, 0.1) is 22.0 Å². The normalized spacial score (nSPS) is 27.5. The fraction of sp³-hybridized carbons (Fsp3) is 0.533. The summed E-state index contributed by atoms with van der Waals surface area (Å²) in [4.78, 5) is 22.6. The number of rotatable bonds is 4. The Labute approximate surface area is 117 Å². The zero-order chi connectivity index (χ0) is 14.1. The van der Waals surface area contributed by atoms with E-state index in [9.17, 15) is 14.9 Å². The van der Waals surface area contributed by atoms with Crippen LogP contribution in [0.4, 0.5) is 5.69 Å². The van der Waals surface area contributed by atoms with Gasteiger partial charge in [0.2, 0.25) is 5.91 Å². The second-order valence-corrected chi connectivity index (χ2v) is 5.91. The first-order valence-corrected chi connectivity index (χ1v) is 7.15. The third-order valence-electron chi connectivity index (χ3n) is 4.62. The molecule has 2 saturated carbocycles. The number of fused-ring (bicyclic) bond motifs is 2. The van der Waals surface area contributed by atoms with E-state index < -0.39 is 4.92 Å². The van der Waals surface area contributed by atoms with Crippen molar-refractivity contribution >= 4 is 11.6 Å². The van der Waals surface area contributed by atoms with Gasteiger partial charge in [0, 0.05) is 17.7 Å². The van der Waals surface area contributed by atoms with Gasteiger partial charge in [-0.2, -0.15) is 0 Å². The van der Waals surface area contributed by atoms with E-state index in [0.717, 1.165) is 12.3 Å². The molecule has 0 spiro atoms. The number of nitro groups is 1. The lowest BCUT2D eigenvalue weighted by Gasteiger charge is -2.22. The van der Waals surface area contributed by atoms with Gasteiger partial charge in [-0.15, -0.1) is 0 Å². The molecule has 1 N–H and O–H groups in total. The molecule has 0 saturated heterocycles. The number of amides is 1. The van der Waals surface area contributed by atoms with Crippen molar-refractivity contribution in [3.8, 4) is 0 Å². The highest BCUT2D eigenvalue weighted by Crippen LogP contribution is 2.44. The lowest BCUT2D eigenvalue weighted by atomic mass is 9.95. The van der Waals surface area contributed by atoms with Crippen LogP contribution in [-0.2, 0) is 11.2 Å². The van der Waals surface area contributed by atoms with E-state index in [2.05, 4.69) is 5.32 Å². The molecule has 0 aliphatic heterocycles. The number of hydrogen-bond donors (Lipinski definition) is 1. The molecule has 0 unspecified atom stereocenters. The highest BCUT2D eigenvalue weighted by Gasteiger charge is 2.40. The van der Waals surface area contributed by atoms with Gasteiger partial charge in [-0.25, -0.2) is 0 Å². The zero-order valence-electron chi connectivity index (χ0n) is 11.2. The Morgan fingerprint density at radius 3 is 2.75 bits per heavy atom. The summed E-state index contributed by atoms with van der Waals surface area (Å²) in [6.45, 7) is 0. The summed E-state index contributed by atoms with van der Waals surface area (Å²) in [5.74, 6) is 1.29. The lowest BCUT2D eigenvalue weighted by Crippen LogP contribution is -2.39. The molecule has 0 heterocycles. The molecule has 2 fully saturated rings. The third kappa shape index (κ3) is 2.53. The molecule has 5 nitrogen and oxygen atoms in total. The van der Waals surface area contributed by atoms with Crippen molar-refractivity contribution in [3.63, 3.8) is 0 Å². The summed E-state index contributed by atoms with van der Waals surface area (Å²) in [7, 11) is 0. The minimum absolute atomic E-state index is 0.0237. The highest BCUT2D eigenvalue weighted by molar-refractivity contribution is 5.80. The van der Waals surface area contributed by atoms with Crippen LogP contribution in [-0.4, -0.2) is 16.9 Å². The first-order chi connectivity index (χ1) is 9.63. The van der Waals surface area contributed by atoms with Crippen molar-refractivity contribution in [2.24, 2.45) is 11.8 Å². The van der Waals surface area contributed by atoms with E-state index in [1.54, 1.807) is 18.2 Å². The largest absolute Gasteiger partial charge is 0.353 e. The predicted octanol–water partition coefficient (Wildman–Crippen LogP) is 2.44. The smallest absolute Gasteiger partial charge is 0.273 e. The van der Waals surface area contributed by atoms with Gasteiger partial charge in [0.15, 0.2) is 0 Å². The number of para-hydroxylation sites is 1. The fourth-order valence-electron chi connectivity index (χ4n) is 3.69. The predicted molar refractivity (Wildman–Crippen MR) is 74.2 cm³/mol. The van der Waals surface area contributed by atoms with Crippen molar-refractivity contribution in [1.29, 1.82) is 0 Å². The van der Waals surface area contributed by atoms with Gasteiger partial charge in [-0.05, 0) is 31.1 Å². The average molecular weight is 274 g/mol. The standard InChI is InChI=1S/C15H18N2O3/c18-15(16-13-8-10-5-6-11(13)7-10)9-12-3-1-2-4-14(12)17(19)20/h1-4,10-11,13H,5-9H2,(H,16,18)/t10-,11+,13-/m1/s1. The first-order valence-electron chi connectivity index (χ1n) is 7.15. The van der Waals surface area contributed by atoms with E-state index in [-0.39, 0.29) is 24.1 Å². The van der Waals surface area contributed by atoms with Crippen molar-refractivity contribution < 1.29 is 9.72 Å². The summed E-state index contributed by atoms with van der Waals surface area (Å²) in [6, 6.07) is 6.73. The molecule has 1 aromatic carbocycles. The first kappa shape index (κ1) is 13.1. The second kappa shape index (κ2) is 5.23. The Kier molecular flexibility index (Phi) is 3.42. The highest BCUT2D eigenvalue weighted by atomic mass is 16.6. The van der Waals surface area contributed by atoms with Gasteiger partial charge in [0.05, 0.1) is 11.3 Å². The van der Waals surface area contributed by atoms with Crippen LogP contribution in [0.15, 0.2) is 24.3 Å². The van der Waals surface area contributed by atoms with Crippen molar-refractivity contribution in [1.82, 2.24) is 5.32 Å². The summed E-state index contributed by atoms with van der Waals surface area (Å²) < 4.78 is 0. The molecule has 20 heavy (non-hydrogen) atoms. The van der Waals surface area contributed by atoms with Crippen LogP contribution in [0.5, 0.6) is 0 Å². The Morgan fingerprint density at radius 1 is 1.30 bits per heavy atom. The maximum absolute atomic E-state index is 12.1. The van der Waals surface area contributed by atoms with E-state index in [0.29, 0.717) is 11.5 Å². The minimum atomic E-state index is -0.430. The molecule has 1 aromatic rings. The molecule has 0 aromatic heterocycles. The quantitative estimate of drug-likeness (QED) is 0.677. The molecule has 1 amide bonds. The van der Waals surface area contributed by atoms with Gasteiger partial charge in [-0.1, -0.05) is 24.6 Å². The van der Waals surface area contributed by atoms with E-state index in [1.807, 2.05) is 0 Å². The number of nitrogens with zero attached hydrogens (tertiary/aromatic N) is 1. The lowest BCUT2D eigenvalue weighted by molar-refractivity contribution is -0.385. The van der Waals surface area contributed by atoms with Crippen LogP contribution >= 0.6 is 0 Å². The van der Waals surface area contributed by atoms with Crippen LogP contribution in [0.2, 0.25) is 0 Å². The van der Waals surface area contributed by atoms with Gasteiger partial charge >= 0.3 is 0 Å². The van der Waals surface area contributed by atoms with Gasteiger partial charge < -0.3 is 5.32 Å². The number of nitro benzene ring substituents is 1. The molecular weight excluding hydrogens is 256 g/mol. The van der Waals surface area contributed by atoms with Crippen molar-refractivity contribution in [2.45, 2.75) is 38.1 Å². The minimum Gasteiger partial charge on any atom is -0.353 e. The second-order valence-electron chi connectivity index (χ2n) is 5.91. The summed E-state index contributed by atoms with van der Waals surface area (Å²) >= 11 is 0. The monoisotopic (exact) mass is 274 g/mol. The molecular formula is C15H18N2O3. The van der Waals surface area contributed by atoms with Crippen LogP contribution in [0.3, 0.4) is 0 Å². The molecule has 2 bridgehead atoms.